The van der Waals surface area contributed by atoms with Crippen LogP contribution < -0.4 is 5.32 Å². The molecule has 0 unspecified atom stereocenters. The Morgan fingerprint density at radius 2 is 1.97 bits per heavy atom. The van der Waals surface area contributed by atoms with Crippen LogP contribution in [0.2, 0.25) is 0 Å². The molecule has 9 nitrogen and oxygen atoms in total. The molecule has 3 rings (SSSR count). The molecule has 1 aliphatic heterocycles. The summed E-state index contributed by atoms with van der Waals surface area (Å²) in [5, 5.41) is 14.1. The van der Waals surface area contributed by atoms with Crippen LogP contribution in [0.5, 0.6) is 0 Å². The third-order valence-electron chi connectivity index (χ3n) is 4.82. The van der Waals surface area contributed by atoms with Gasteiger partial charge in [-0.05, 0) is 80.6 Å². The van der Waals surface area contributed by atoms with Crippen LogP contribution in [0.1, 0.15) is 45.6 Å². The van der Waals surface area contributed by atoms with Crippen molar-refractivity contribution in [3.8, 4) is 5.69 Å². The van der Waals surface area contributed by atoms with Crippen LogP contribution in [0.4, 0.5) is 10.5 Å². The zero-order valence-electron chi connectivity index (χ0n) is 17.4. The maximum atomic E-state index is 12.5. The topological polar surface area (TPSA) is 102 Å². The molecule has 1 aliphatic rings. The van der Waals surface area contributed by atoms with Gasteiger partial charge < -0.3 is 15.0 Å². The van der Waals surface area contributed by atoms with Crippen LogP contribution in [-0.4, -0.2) is 55.8 Å². The number of aromatic nitrogens is 4. The van der Waals surface area contributed by atoms with Crippen molar-refractivity contribution in [2.24, 2.45) is 5.92 Å². The summed E-state index contributed by atoms with van der Waals surface area (Å²) in [6.07, 6.45) is 3.28. The predicted molar refractivity (Wildman–Crippen MR) is 108 cm³/mol. The molecule has 2 heterocycles. The molecule has 156 valence electrons. The van der Waals surface area contributed by atoms with E-state index in [1.54, 1.807) is 9.58 Å². The maximum Gasteiger partial charge on any atom is 0.410 e. The van der Waals surface area contributed by atoms with Gasteiger partial charge in [0.25, 0.3) is 0 Å². The number of ether oxygens (including phenoxy) is 1. The van der Waals surface area contributed by atoms with Gasteiger partial charge in [-0.25, -0.2) is 9.48 Å². The van der Waals surface area contributed by atoms with Gasteiger partial charge in [0, 0.05) is 25.2 Å². The van der Waals surface area contributed by atoms with Gasteiger partial charge in [0.15, 0.2) is 0 Å². The van der Waals surface area contributed by atoms with E-state index in [4.69, 9.17) is 4.74 Å². The summed E-state index contributed by atoms with van der Waals surface area (Å²) in [5.41, 5.74) is 2.07. The molecule has 0 atom stereocenters. The Morgan fingerprint density at radius 3 is 2.55 bits per heavy atom. The van der Waals surface area contributed by atoms with E-state index in [1.807, 2.05) is 45.9 Å². The lowest BCUT2D eigenvalue weighted by atomic mass is 9.93. The highest BCUT2D eigenvalue weighted by molar-refractivity contribution is 5.91. The molecule has 1 saturated heterocycles. The maximum absolute atomic E-state index is 12.5. The smallest absolute Gasteiger partial charge is 0.410 e. The molecule has 1 fully saturated rings. The number of anilines is 1. The number of nitrogens with zero attached hydrogens (tertiary/aromatic N) is 5. The van der Waals surface area contributed by atoms with Gasteiger partial charge in [-0.2, -0.15) is 0 Å². The molecule has 29 heavy (non-hydrogen) atoms. The number of hydrogen-bond donors (Lipinski definition) is 1. The number of benzene rings is 1. The SMILES string of the molecule is Cc1cc(NC(=O)CC2CCN(C(=O)OC(C)(C)C)CC2)ccc1-n1cnnn1. The normalized spacial score (nSPS) is 15.2. The largest absolute Gasteiger partial charge is 0.444 e. The second-order valence-corrected chi connectivity index (χ2v) is 8.42. The fraction of sp³-hybridized carbons (Fsp3) is 0.550. The van der Waals surface area contributed by atoms with E-state index < -0.39 is 5.60 Å². The predicted octanol–water partition coefficient (Wildman–Crippen LogP) is 2.95. The number of rotatable bonds is 4. The summed E-state index contributed by atoms with van der Waals surface area (Å²) in [7, 11) is 0. The van der Waals surface area contributed by atoms with Crippen LogP contribution in [0.3, 0.4) is 0 Å². The van der Waals surface area contributed by atoms with Gasteiger partial charge in [0.05, 0.1) is 5.69 Å². The zero-order chi connectivity index (χ0) is 21.0. The molecule has 0 spiro atoms. The Bertz CT molecular complexity index is 852. The van der Waals surface area contributed by atoms with E-state index in [9.17, 15) is 9.59 Å². The highest BCUT2D eigenvalue weighted by Crippen LogP contribution is 2.24. The molecule has 0 radical (unpaired) electrons. The van der Waals surface area contributed by atoms with E-state index in [1.165, 1.54) is 6.33 Å². The van der Waals surface area contributed by atoms with Gasteiger partial charge in [0.1, 0.15) is 11.9 Å². The Balaban J connectivity index is 1.48. The molecular weight excluding hydrogens is 372 g/mol. The van der Waals surface area contributed by atoms with Crippen molar-refractivity contribution in [1.82, 2.24) is 25.1 Å². The first-order valence-electron chi connectivity index (χ1n) is 9.83. The molecule has 1 N–H and O–H groups in total. The van der Waals surface area contributed by atoms with Gasteiger partial charge >= 0.3 is 6.09 Å². The first kappa shape index (κ1) is 20.8. The standard InChI is InChI=1S/C20H28N6O3/c1-14-11-16(5-6-17(14)26-13-21-23-24-26)22-18(27)12-15-7-9-25(10-8-15)19(28)29-20(2,3)4/h5-6,11,13,15H,7-10,12H2,1-4H3,(H,22,27). The first-order chi connectivity index (χ1) is 13.7. The molecule has 1 aromatic carbocycles. The third-order valence-corrected chi connectivity index (χ3v) is 4.82. The summed E-state index contributed by atoms with van der Waals surface area (Å²) in [6.45, 7) is 8.76. The number of nitrogens with one attached hydrogen (secondary N) is 1. The summed E-state index contributed by atoms with van der Waals surface area (Å²) < 4.78 is 7.00. The van der Waals surface area contributed by atoms with Crippen LogP contribution >= 0.6 is 0 Å². The second-order valence-electron chi connectivity index (χ2n) is 8.42. The molecule has 0 aliphatic carbocycles. The minimum absolute atomic E-state index is 0.0182. The number of carbonyl (C=O) groups is 2. The minimum atomic E-state index is -0.494. The zero-order valence-corrected chi connectivity index (χ0v) is 17.4. The quantitative estimate of drug-likeness (QED) is 0.846. The molecule has 2 aromatic rings. The fourth-order valence-electron chi connectivity index (χ4n) is 3.38. The fourth-order valence-corrected chi connectivity index (χ4v) is 3.38. The van der Waals surface area contributed by atoms with Crippen LogP contribution in [0.15, 0.2) is 24.5 Å². The lowest BCUT2D eigenvalue weighted by molar-refractivity contribution is -0.117. The van der Waals surface area contributed by atoms with E-state index >= 15 is 0 Å². The van der Waals surface area contributed by atoms with Gasteiger partial charge in [0.2, 0.25) is 5.91 Å². The van der Waals surface area contributed by atoms with Crippen molar-refractivity contribution < 1.29 is 14.3 Å². The number of likely N-dealkylation sites (tertiary alicyclic amines) is 1. The Labute approximate surface area is 170 Å². The Kier molecular flexibility index (Phi) is 6.14. The first-order valence-corrected chi connectivity index (χ1v) is 9.83. The number of hydrogen-bond acceptors (Lipinski definition) is 6. The monoisotopic (exact) mass is 400 g/mol. The highest BCUT2D eigenvalue weighted by atomic mass is 16.6. The lowest BCUT2D eigenvalue weighted by Crippen LogP contribution is -2.42. The number of aryl methyl sites for hydroxylation is 1. The van der Waals surface area contributed by atoms with Crippen molar-refractivity contribution in [1.29, 1.82) is 0 Å². The van der Waals surface area contributed by atoms with E-state index in [0.717, 1.165) is 29.8 Å². The summed E-state index contributed by atoms with van der Waals surface area (Å²) in [5.74, 6) is 0.241. The number of tetrazole rings is 1. The van der Waals surface area contributed by atoms with Gasteiger partial charge in [-0.3, -0.25) is 4.79 Å². The molecule has 0 bridgehead atoms. The van der Waals surface area contributed by atoms with Crippen molar-refractivity contribution in [3.05, 3.63) is 30.1 Å². The molecule has 0 saturated carbocycles. The average molecular weight is 400 g/mol. The van der Waals surface area contributed by atoms with Gasteiger partial charge in [-0.15, -0.1) is 5.10 Å². The Hall–Kier alpha value is -2.97. The summed E-state index contributed by atoms with van der Waals surface area (Å²) in [4.78, 5) is 26.3. The van der Waals surface area contributed by atoms with Crippen molar-refractivity contribution in [2.45, 2.75) is 52.6 Å². The average Bonchev–Trinajstić information content (AvgIpc) is 3.15. The van der Waals surface area contributed by atoms with E-state index in [0.29, 0.717) is 19.5 Å². The van der Waals surface area contributed by atoms with Crippen molar-refractivity contribution in [3.63, 3.8) is 0 Å². The molecular formula is C20H28N6O3. The lowest BCUT2D eigenvalue weighted by Gasteiger charge is -2.33. The summed E-state index contributed by atoms with van der Waals surface area (Å²) in [6, 6.07) is 5.62. The third kappa shape index (κ3) is 5.75. The van der Waals surface area contributed by atoms with E-state index in [-0.39, 0.29) is 17.9 Å². The number of amides is 2. The number of carbonyl (C=O) groups excluding carboxylic acids is 2. The van der Waals surface area contributed by atoms with Gasteiger partial charge in [-0.1, -0.05) is 0 Å². The minimum Gasteiger partial charge on any atom is -0.444 e. The highest BCUT2D eigenvalue weighted by Gasteiger charge is 2.27. The van der Waals surface area contributed by atoms with E-state index in [2.05, 4.69) is 20.8 Å². The molecule has 9 heteroatoms. The summed E-state index contributed by atoms with van der Waals surface area (Å²) >= 11 is 0. The van der Waals surface area contributed by atoms with Crippen molar-refractivity contribution >= 4 is 17.7 Å². The van der Waals surface area contributed by atoms with Crippen LogP contribution in [-0.2, 0) is 9.53 Å². The van der Waals surface area contributed by atoms with Crippen molar-refractivity contribution in [2.75, 3.05) is 18.4 Å². The molecule has 2 amide bonds. The van der Waals surface area contributed by atoms with Crippen LogP contribution in [0, 0.1) is 12.8 Å². The molecule has 1 aromatic heterocycles. The number of piperidine rings is 1. The van der Waals surface area contributed by atoms with Crippen LogP contribution in [0.25, 0.3) is 5.69 Å². The second kappa shape index (κ2) is 8.59. The Morgan fingerprint density at radius 1 is 1.24 bits per heavy atom.